The van der Waals surface area contributed by atoms with Crippen molar-refractivity contribution in [3.8, 4) is 0 Å². The fourth-order valence-corrected chi connectivity index (χ4v) is 3.37. The lowest BCUT2D eigenvalue weighted by atomic mass is 9.94. The summed E-state index contributed by atoms with van der Waals surface area (Å²) in [5.41, 5.74) is 1.18. The van der Waals surface area contributed by atoms with Crippen LogP contribution >= 0.6 is 15.9 Å². The zero-order valence-electron chi connectivity index (χ0n) is 11.8. The highest BCUT2D eigenvalue weighted by Gasteiger charge is 2.21. The summed E-state index contributed by atoms with van der Waals surface area (Å²) in [6.45, 7) is 3.96. The molecule has 110 valence electrons. The zero-order valence-corrected chi connectivity index (χ0v) is 13.4. The van der Waals surface area contributed by atoms with E-state index in [0.717, 1.165) is 18.7 Å². The summed E-state index contributed by atoms with van der Waals surface area (Å²) in [5, 5.41) is 11.0. The SMILES string of the molecule is CCN(Cc1ccc(Br)c([N+](=O)[O-])c1)C1CCCCC1. The molecule has 0 amide bonds. The lowest BCUT2D eigenvalue weighted by Gasteiger charge is -2.33. The van der Waals surface area contributed by atoms with Crippen LogP contribution in [-0.2, 0) is 6.54 Å². The van der Waals surface area contributed by atoms with Gasteiger partial charge < -0.3 is 0 Å². The number of hydrogen-bond donors (Lipinski definition) is 0. The number of nitro groups is 1. The first-order valence-electron chi connectivity index (χ1n) is 7.28. The molecular formula is C15H21BrN2O2. The summed E-state index contributed by atoms with van der Waals surface area (Å²) >= 11 is 3.24. The molecule has 0 bridgehead atoms. The number of rotatable bonds is 5. The molecule has 2 rings (SSSR count). The molecule has 0 N–H and O–H groups in total. The number of nitrogens with zero attached hydrogens (tertiary/aromatic N) is 2. The molecule has 1 aliphatic rings. The van der Waals surface area contributed by atoms with E-state index in [1.54, 1.807) is 12.1 Å². The highest BCUT2D eigenvalue weighted by molar-refractivity contribution is 9.10. The quantitative estimate of drug-likeness (QED) is 0.585. The normalized spacial score (nSPS) is 16.6. The maximum atomic E-state index is 11.0. The van der Waals surface area contributed by atoms with Gasteiger partial charge in [0.25, 0.3) is 5.69 Å². The van der Waals surface area contributed by atoms with E-state index < -0.39 is 0 Å². The Morgan fingerprint density at radius 1 is 1.35 bits per heavy atom. The van der Waals surface area contributed by atoms with E-state index >= 15 is 0 Å². The lowest BCUT2D eigenvalue weighted by molar-refractivity contribution is -0.385. The van der Waals surface area contributed by atoms with E-state index in [9.17, 15) is 10.1 Å². The van der Waals surface area contributed by atoms with Crippen LogP contribution in [0.15, 0.2) is 22.7 Å². The van der Waals surface area contributed by atoms with Crippen molar-refractivity contribution in [2.24, 2.45) is 0 Å². The summed E-state index contributed by atoms with van der Waals surface area (Å²) in [7, 11) is 0. The fraction of sp³-hybridized carbons (Fsp3) is 0.600. The highest BCUT2D eigenvalue weighted by atomic mass is 79.9. The van der Waals surface area contributed by atoms with Crippen LogP contribution in [0.5, 0.6) is 0 Å². The van der Waals surface area contributed by atoms with Crippen LogP contribution in [-0.4, -0.2) is 22.4 Å². The van der Waals surface area contributed by atoms with Gasteiger partial charge in [0.05, 0.1) is 9.40 Å². The summed E-state index contributed by atoms with van der Waals surface area (Å²) in [6.07, 6.45) is 6.47. The van der Waals surface area contributed by atoms with Gasteiger partial charge in [0, 0.05) is 18.7 Å². The smallest absolute Gasteiger partial charge is 0.283 e. The van der Waals surface area contributed by atoms with Gasteiger partial charge in [-0.15, -0.1) is 0 Å². The van der Waals surface area contributed by atoms with Gasteiger partial charge in [0.2, 0.25) is 0 Å². The van der Waals surface area contributed by atoms with Crippen molar-refractivity contribution in [3.05, 3.63) is 38.3 Å². The Hall–Kier alpha value is -0.940. The predicted octanol–water partition coefficient (Wildman–Crippen LogP) is 4.51. The topological polar surface area (TPSA) is 46.4 Å². The van der Waals surface area contributed by atoms with Crippen molar-refractivity contribution in [2.45, 2.75) is 51.6 Å². The summed E-state index contributed by atoms with van der Waals surface area (Å²) in [6, 6.07) is 6.08. The van der Waals surface area contributed by atoms with Crippen molar-refractivity contribution in [1.82, 2.24) is 4.90 Å². The van der Waals surface area contributed by atoms with Crippen LogP contribution in [0.4, 0.5) is 5.69 Å². The van der Waals surface area contributed by atoms with E-state index in [1.807, 2.05) is 6.07 Å². The number of nitro benzene ring substituents is 1. The molecule has 0 spiro atoms. The third-order valence-electron chi connectivity index (χ3n) is 4.09. The van der Waals surface area contributed by atoms with E-state index in [2.05, 4.69) is 27.8 Å². The Labute approximate surface area is 128 Å². The van der Waals surface area contributed by atoms with Gasteiger partial charge in [-0.2, -0.15) is 0 Å². The monoisotopic (exact) mass is 340 g/mol. The molecule has 1 aromatic carbocycles. The van der Waals surface area contributed by atoms with E-state index in [-0.39, 0.29) is 10.6 Å². The van der Waals surface area contributed by atoms with Gasteiger partial charge in [-0.05, 0) is 46.9 Å². The van der Waals surface area contributed by atoms with Crippen LogP contribution in [0, 0.1) is 10.1 Å². The first-order valence-corrected chi connectivity index (χ1v) is 8.08. The number of halogens is 1. The Morgan fingerprint density at radius 2 is 2.05 bits per heavy atom. The average molecular weight is 341 g/mol. The van der Waals surface area contributed by atoms with Crippen LogP contribution < -0.4 is 0 Å². The Balaban J connectivity index is 2.10. The molecule has 0 heterocycles. The van der Waals surface area contributed by atoms with Crippen LogP contribution in [0.3, 0.4) is 0 Å². The second kappa shape index (κ2) is 7.18. The van der Waals surface area contributed by atoms with Gasteiger partial charge >= 0.3 is 0 Å². The molecule has 4 nitrogen and oxygen atoms in total. The van der Waals surface area contributed by atoms with E-state index in [1.165, 1.54) is 32.1 Å². The molecule has 0 radical (unpaired) electrons. The molecule has 1 fully saturated rings. The summed E-state index contributed by atoms with van der Waals surface area (Å²) in [5.74, 6) is 0. The van der Waals surface area contributed by atoms with Crippen molar-refractivity contribution >= 4 is 21.6 Å². The maximum Gasteiger partial charge on any atom is 0.283 e. The van der Waals surface area contributed by atoms with Crippen LogP contribution in [0.2, 0.25) is 0 Å². The van der Waals surface area contributed by atoms with Gasteiger partial charge in [0.1, 0.15) is 0 Å². The molecule has 0 aliphatic heterocycles. The molecule has 1 aromatic rings. The van der Waals surface area contributed by atoms with Crippen molar-refractivity contribution in [1.29, 1.82) is 0 Å². The minimum absolute atomic E-state index is 0.155. The standard InChI is InChI=1S/C15H21BrN2O2/c1-2-17(13-6-4-3-5-7-13)11-12-8-9-14(16)15(10-12)18(19)20/h8-10,13H,2-7,11H2,1H3. The summed E-state index contributed by atoms with van der Waals surface area (Å²) in [4.78, 5) is 13.1. The first-order chi connectivity index (χ1) is 9.61. The Morgan fingerprint density at radius 3 is 2.65 bits per heavy atom. The Bertz CT molecular complexity index is 473. The number of benzene rings is 1. The Kier molecular flexibility index (Phi) is 5.54. The molecule has 5 heteroatoms. The summed E-state index contributed by atoms with van der Waals surface area (Å²) < 4.78 is 0.548. The van der Waals surface area contributed by atoms with Gasteiger partial charge in [-0.1, -0.05) is 32.3 Å². The molecular weight excluding hydrogens is 320 g/mol. The molecule has 0 saturated heterocycles. The van der Waals surface area contributed by atoms with Gasteiger partial charge in [-0.25, -0.2) is 0 Å². The fourth-order valence-electron chi connectivity index (χ4n) is 2.98. The minimum Gasteiger partial charge on any atom is -0.296 e. The van der Waals surface area contributed by atoms with Gasteiger partial charge in [-0.3, -0.25) is 15.0 Å². The minimum atomic E-state index is -0.329. The van der Waals surface area contributed by atoms with E-state index in [4.69, 9.17) is 0 Å². The first kappa shape index (κ1) is 15.4. The molecule has 1 saturated carbocycles. The molecule has 0 unspecified atom stereocenters. The third kappa shape index (κ3) is 3.79. The zero-order chi connectivity index (χ0) is 14.5. The third-order valence-corrected chi connectivity index (χ3v) is 4.76. The van der Waals surface area contributed by atoms with Crippen molar-refractivity contribution in [3.63, 3.8) is 0 Å². The molecule has 0 atom stereocenters. The molecule has 0 aromatic heterocycles. The molecule has 20 heavy (non-hydrogen) atoms. The van der Waals surface area contributed by atoms with Crippen LogP contribution in [0.1, 0.15) is 44.6 Å². The van der Waals surface area contributed by atoms with Gasteiger partial charge in [0.15, 0.2) is 0 Å². The second-order valence-corrected chi connectivity index (χ2v) is 6.25. The average Bonchev–Trinajstić information content (AvgIpc) is 2.47. The number of hydrogen-bond acceptors (Lipinski definition) is 3. The van der Waals surface area contributed by atoms with Crippen molar-refractivity contribution in [2.75, 3.05) is 6.54 Å². The van der Waals surface area contributed by atoms with Crippen LogP contribution in [0.25, 0.3) is 0 Å². The highest BCUT2D eigenvalue weighted by Crippen LogP contribution is 2.28. The predicted molar refractivity (Wildman–Crippen MR) is 83.8 cm³/mol. The van der Waals surface area contributed by atoms with Crippen molar-refractivity contribution < 1.29 is 4.92 Å². The molecule has 1 aliphatic carbocycles. The van der Waals surface area contributed by atoms with E-state index in [0.29, 0.717) is 10.5 Å². The lowest BCUT2D eigenvalue weighted by Crippen LogP contribution is -2.36. The maximum absolute atomic E-state index is 11.0. The largest absolute Gasteiger partial charge is 0.296 e. The second-order valence-electron chi connectivity index (χ2n) is 5.40.